The summed E-state index contributed by atoms with van der Waals surface area (Å²) in [6, 6.07) is 2.87. The summed E-state index contributed by atoms with van der Waals surface area (Å²) in [4.78, 5) is 23.8. The monoisotopic (exact) mass is 376 g/mol. The van der Waals surface area contributed by atoms with Crippen LogP contribution in [0.5, 0.6) is 0 Å². The Morgan fingerprint density at radius 3 is 2.63 bits per heavy atom. The molecule has 3 N–H and O–H groups in total. The number of benzene rings is 1. The molecule has 0 bridgehead atoms. The van der Waals surface area contributed by atoms with Gasteiger partial charge in [0, 0.05) is 24.2 Å². The zero-order valence-electron chi connectivity index (χ0n) is 15.6. The van der Waals surface area contributed by atoms with Gasteiger partial charge >= 0.3 is 5.97 Å². The van der Waals surface area contributed by atoms with Gasteiger partial charge in [-0.2, -0.15) is 0 Å². The fourth-order valence-electron chi connectivity index (χ4n) is 3.22. The molecule has 146 valence electrons. The van der Waals surface area contributed by atoms with Crippen molar-refractivity contribution in [2.24, 2.45) is 0 Å². The first-order valence-electron chi connectivity index (χ1n) is 9.25. The maximum absolute atomic E-state index is 14.5. The second kappa shape index (κ2) is 7.31. The van der Waals surface area contributed by atoms with Crippen molar-refractivity contribution < 1.29 is 19.4 Å². The second-order valence-corrected chi connectivity index (χ2v) is 7.86. The highest BCUT2D eigenvalue weighted by atomic mass is 19.1. The van der Waals surface area contributed by atoms with Crippen LogP contribution >= 0.6 is 0 Å². The Morgan fingerprint density at radius 1 is 1.33 bits per heavy atom. The number of nitrogens with zero attached hydrogens (tertiary/aromatic N) is 1. The van der Waals surface area contributed by atoms with Gasteiger partial charge in [-0.15, -0.1) is 0 Å². The van der Waals surface area contributed by atoms with Crippen molar-refractivity contribution in [3.63, 3.8) is 0 Å². The van der Waals surface area contributed by atoms with Gasteiger partial charge in [0.15, 0.2) is 0 Å². The van der Waals surface area contributed by atoms with E-state index >= 15 is 0 Å². The van der Waals surface area contributed by atoms with E-state index in [1.807, 2.05) is 0 Å². The number of halogens is 1. The third-order valence-electron chi connectivity index (χ3n) is 4.82. The van der Waals surface area contributed by atoms with Crippen LogP contribution in [0.25, 0.3) is 10.9 Å². The van der Waals surface area contributed by atoms with Gasteiger partial charge in [-0.05, 0) is 58.1 Å². The Labute approximate surface area is 156 Å². The summed E-state index contributed by atoms with van der Waals surface area (Å²) in [5.41, 5.74) is -0.863. The molecule has 1 aromatic carbocycles. The number of aromatic nitrogens is 1. The van der Waals surface area contributed by atoms with E-state index in [1.165, 1.54) is 6.20 Å². The molecule has 0 aliphatic heterocycles. The molecule has 0 atom stereocenters. The lowest BCUT2D eigenvalue weighted by molar-refractivity contribution is 0.0680. The van der Waals surface area contributed by atoms with E-state index in [2.05, 4.69) is 5.32 Å². The number of carbonyl (C=O) groups is 1. The molecule has 1 aromatic heterocycles. The van der Waals surface area contributed by atoms with E-state index in [0.29, 0.717) is 24.2 Å². The van der Waals surface area contributed by atoms with E-state index < -0.39 is 22.8 Å². The van der Waals surface area contributed by atoms with Crippen LogP contribution in [0.3, 0.4) is 0 Å². The number of aliphatic hydroxyl groups is 1. The summed E-state index contributed by atoms with van der Waals surface area (Å²) in [7, 11) is 0. The lowest BCUT2D eigenvalue weighted by atomic mass is 10.0. The topological polar surface area (TPSA) is 91.6 Å². The Hall–Kier alpha value is -2.41. The second-order valence-electron chi connectivity index (χ2n) is 7.86. The van der Waals surface area contributed by atoms with Gasteiger partial charge in [0.1, 0.15) is 11.4 Å². The number of anilines is 1. The predicted molar refractivity (Wildman–Crippen MR) is 102 cm³/mol. The van der Waals surface area contributed by atoms with Crippen LogP contribution < -0.4 is 10.7 Å². The molecule has 7 heteroatoms. The molecule has 0 saturated heterocycles. The summed E-state index contributed by atoms with van der Waals surface area (Å²) < 4.78 is 16.3. The molecule has 1 aliphatic rings. The minimum Gasteiger partial charge on any atom is -0.477 e. The van der Waals surface area contributed by atoms with Crippen LogP contribution in [-0.2, 0) is 0 Å². The van der Waals surface area contributed by atoms with Crippen LogP contribution in [0.2, 0.25) is 0 Å². The summed E-state index contributed by atoms with van der Waals surface area (Å²) >= 11 is 0. The van der Waals surface area contributed by atoms with E-state index in [9.17, 15) is 24.2 Å². The number of rotatable bonds is 8. The van der Waals surface area contributed by atoms with E-state index in [-0.39, 0.29) is 17.0 Å². The van der Waals surface area contributed by atoms with Gasteiger partial charge in [-0.1, -0.05) is 0 Å². The third-order valence-corrected chi connectivity index (χ3v) is 4.82. The Balaban J connectivity index is 1.87. The molecule has 0 amide bonds. The van der Waals surface area contributed by atoms with Crippen molar-refractivity contribution in [3.8, 4) is 0 Å². The van der Waals surface area contributed by atoms with Gasteiger partial charge in [-0.25, -0.2) is 9.18 Å². The molecule has 1 saturated carbocycles. The standard InChI is InChI=1S/C20H25FN2O4/c1-20(2,27)7-3-4-8-22-16-10-17-13(9-15(16)21)18(24)14(19(25)26)11-23(17)12-5-6-12/h9-12,22,27H,3-8H2,1-2H3,(H,25,26). The number of hydrogen-bond acceptors (Lipinski definition) is 4. The van der Waals surface area contributed by atoms with Crippen molar-refractivity contribution in [1.29, 1.82) is 0 Å². The lowest BCUT2D eigenvalue weighted by Gasteiger charge is -2.17. The molecule has 0 radical (unpaired) electrons. The van der Waals surface area contributed by atoms with Crippen LogP contribution in [0.4, 0.5) is 10.1 Å². The van der Waals surface area contributed by atoms with Gasteiger partial charge in [0.05, 0.1) is 16.8 Å². The molecule has 0 spiro atoms. The minimum absolute atomic E-state index is 0.0897. The van der Waals surface area contributed by atoms with Gasteiger partial charge < -0.3 is 20.1 Å². The number of carboxylic acids is 1. The van der Waals surface area contributed by atoms with Crippen molar-refractivity contribution >= 4 is 22.6 Å². The molecule has 0 unspecified atom stereocenters. The number of pyridine rings is 1. The Bertz CT molecular complexity index is 926. The highest BCUT2D eigenvalue weighted by Crippen LogP contribution is 2.37. The third kappa shape index (κ3) is 4.47. The van der Waals surface area contributed by atoms with Crippen LogP contribution in [0.15, 0.2) is 23.1 Å². The fourth-order valence-corrected chi connectivity index (χ4v) is 3.22. The van der Waals surface area contributed by atoms with Crippen LogP contribution in [0.1, 0.15) is 62.4 Å². The largest absolute Gasteiger partial charge is 0.477 e. The van der Waals surface area contributed by atoms with Crippen LogP contribution in [0, 0.1) is 5.82 Å². The summed E-state index contributed by atoms with van der Waals surface area (Å²) in [5, 5.41) is 22.1. The van der Waals surface area contributed by atoms with Crippen molar-refractivity contribution in [2.75, 3.05) is 11.9 Å². The highest BCUT2D eigenvalue weighted by molar-refractivity contribution is 5.93. The SMILES string of the molecule is CC(C)(O)CCCCNc1cc2c(cc1F)c(=O)c(C(=O)O)cn2C1CC1. The molecule has 27 heavy (non-hydrogen) atoms. The quantitative estimate of drug-likeness (QED) is 0.613. The number of unbranched alkanes of at least 4 members (excludes halogenated alkanes) is 1. The normalized spacial score (nSPS) is 14.5. The maximum Gasteiger partial charge on any atom is 0.341 e. The zero-order chi connectivity index (χ0) is 19.8. The number of aromatic carboxylic acids is 1. The van der Waals surface area contributed by atoms with E-state index in [1.54, 1.807) is 24.5 Å². The Kier molecular flexibility index (Phi) is 5.24. The number of hydrogen-bond donors (Lipinski definition) is 3. The van der Waals surface area contributed by atoms with Gasteiger partial charge in [0.2, 0.25) is 5.43 Å². The Morgan fingerprint density at radius 2 is 2.04 bits per heavy atom. The molecule has 2 aromatic rings. The van der Waals surface area contributed by atoms with Gasteiger partial charge in [0.25, 0.3) is 0 Å². The molecular formula is C20H25FN2O4. The number of nitrogens with one attached hydrogen (secondary N) is 1. The minimum atomic E-state index is -1.30. The molecule has 1 aliphatic carbocycles. The summed E-state index contributed by atoms with van der Waals surface area (Å²) in [6.45, 7) is 4.05. The smallest absolute Gasteiger partial charge is 0.341 e. The van der Waals surface area contributed by atoms with Crippen molar-refractivity contribution in [1.82, 2.24) is 4.57 Å². The average molecular weight is 376 g/mol. The lowest BCUT2D eigenvalue weighted by Crippen LogP contribution is -2.19. The first-order valence-corrected chi connectivity index (χ1v) is 9.25. The molecule has 3 rings (SSSR count). The van der Waals surface area contributed by atoms with Crippen molar-refractivity contribution in [2.45, 2.75) is 57.6 Å². The highest BCUT2D eigenvalue weighted by Gasteiger charge is 2.27. The summed E-state index contributed by atoms with van der Waals surface area (Å²) in [5.74, 6) is -1.88. The number of fused-ring (bicyclic) bond motifs is 1. The molecule has 1 heterocycles. The fraction of sp³-hybridized carbons (Fsp3) is 0.500. The summed E-state index contributed by atoms with van der Waals surface area (Å²) in [6.07, 6.45) is 5.43. The molecule has 6 nitrogen and oxygen atoms in total. The van der Waals surface area contributed by atoms with Crippen molar-refractivity contribution in [3.05, 3.63) is 39.9 Å². The zero-order valence-corrected chi connectivity index (χ0v) is 15.6. The van der Waals surface area contributed by atoms with Crippen LogP contribution in [-0.4, -0.2) is 32.9 Å². The van der Waals surface area contributed by atoms with E-state index in [0.717, 1.165) is 31.7 Å². The number of carboxylic acid groups (broad SMARTS) is 1. The average Bonchev–Trinajstić information content (AvgIpc) is 3.39. The first-order chi connectivity index (χ1) is 12.7. The molecular weight excluding hydrogens is 351 g/mol. The van der Waals surface area contributed by atoms with Gasteiger partial charge in [-0.3, -0.25) is 4.79 Å². The maximum atomic E-state index is 14.5. The van der Waals surface area contributed by atoms with E-state index in [4.69, 9.17) is 0 Å². The first kappa shape index (κ1) is 19.4. The predicted octanol–water partition coefficient (Wildman–Crippen LogP) is 3.53. The molecule has 1 fully saturated rings.